The molecule has 0 unspecified atom stereocenters. The molecule has 6 heavy (non-hydrogen) atoms. The first-order valence-corrected chi connectivity index (χ1v) is 8.12. The Morgan fingerprint density at radius 3 is 1.50 bits per heavy atom. The number of hydrogen-bond donors (Lipinski definition) is 0. The maximum Gasteiger partial charge on any atom is -0.147 e. The van der Waals surface area contributed by atoms with Crippen LogP contribution in [0.1, 0.15) is 13.8 Å². The van der Waals surface area contributed by atoms with Gasteiger partial charge in [0.15, 0.2) is 0 Å². The van der Waals surface area contributed by atoms with Crippen molar-refractivity contribution in [3.63, 3.8) is 0 Å². The summed E-state index contributed by atoms with van der Waals surface area (Å²) in [6, 6.07) is 0. The van der Waals surface area contributed by atoms with Crippen LogP contribution in [0, 0.1) is 0 Å². The molecule has 0 spiro atoms. The van der Waals surface area contributed by atoms with Gasteiger partial charge < -0.3 is 0 Å². The van der Waals surface area contributed by atoms with E-state index < -0.39 is 0 Å². The van der Waals surface area contributed by atoms with Gasteiger partial charge in [-0.2, -0.15) is 0 Å². The van der Waals surface area contributed by atoms with Gasteiger partial charge in [-0.1, -0.05) is 0 Å². The molecule has 0 aromatic rings. The molecule has 0 aliphatic heterocycles. The van der Waals surface area contributed by atoms with Crippen molar-refractivity contribution in [1.82, 2.24) is 0 Å². The molecule has 0 nitrogen and oxygen atoms in total. The van der Waals surface area contributed by atoms with Crippen LogP contribution in [0.5, 0.6) is 0 Å². The number of rotatable bonds is 2. The predicted molar refractivity (Wildman–Crippen MR) is 35.4 cm³/mol. The van der Waals surface area contributed by atoms with E-state index in [1.165, 1.54) is 0 Å². The predicted octanol–water partition coefficient (Wildman–Crippen LogP) is 1.72. The van der Waals surface area contributed by atoms with Crippen LogP contribution >= 0.6 is 12.4 Å². The van der Waals surface area contributed by atoms with Crippen molar-refractivity contribution in [3.05, 3.63) is 0 Å². The Labute approximate surface area is 57.5 Å². The van der Waals surface area contributed by atoms with Crippen molar-refractivity contribution in [1.29, 1.82) is 0 Å². The van der Waals surface area contributed by atoms with Crippen LogP contribution in [0.15, 0.2) is 0 Å². The summed E-state index contributed by atoms with van der Waals surface area (Å²) in [4.78, 5) is 0. The van der Waals surface area contributed by atoms with E-state index in [-0.39, 0.29) is 35.3 Å². The third kappa shape index (κ3) is 8.94. The van der Waals surface area contributed by atoms with Gasteiger partial charge >= 0.3 is 45.1 Å². The van der Waals surface area contributed by atoms with E-state index in [4.69, 9.17) is 0 Å². The molecular formula is C4H12ClIn. The summed E-state index contributed by atoms with van der Waals surface area (Å²) in [6.45, 7) is 4.61. The monoisotopic (exact) mass is 210 g/mol. The second-order valence-corrected chi connectivity index (χ2v) is 9.08. The fraction of sp³-hybridized carbons (Fsp3) is 1.00. The summed E-state index contributed by atoms with van der Waals surface area (Å²) < 4.78 is 3.11. The summed E-state index contributed by atoms with van der Waals surface area (Å²) in [5.74, 6) is 0. The van der Waals surface area contributed by atoms with Crippen molar-refractivity contribution >= 4 is 35.3 Å². The van der Waals surface area contributed by atoms with Crippen LogP contribution in [0.2, 0.25) is 8.35 Å². The fourth-order valence-corrected chi connectivity index (χ4v) is 2.37. The molecule has 2 heteroatoms. The first-order valence-electron chi connectivity index (χ1n) is 2.41. The van der Waals surface area contributed by atoms with Gasteiger partial charge in [-0.3, -0.25) is 0 Å². The molecule has 0 aliphatic rings. The van der Waals surface area contributed by atoms with E-state index >= 15 is 0 Å². The Balaban J connectivity index is 0. The molecule has 0 fully saturated rings. The molecule has 0 aromatic heterocycles. The van der Waals surface area contributed by atoms with E-state index in [2.05, 4.69) is 13.8 Å². The molecular weight excluding hydrogens is 198 g/mol. The van der Waals surface area contributed by atoms with Gasteiger partial charge in [0.25, 0.3) is 0 Å². The molecule has 0 rings (SSSR count). The van der Waals surface area contributed by atoms with E-state index in [1.807, 2.05) is 0 Å². The molecule has 0 saturated heterocycles. The smallest absolute Gasteiger partial charge is 0.147 e. The maximum atomic E-state index is 2.31. The van der Waals surface area contributed by atoms with E-state index in [0.717, 1.165) is 0 Å². The van der Waals surface area contributed by atoms with Gasteiger partial charge in [0, 0.05) is 0 Å². The third-order valence-corrected chi connectivity index (χ3v) is 4.74. The molecule has 0 radical (unpaired) electrons. The average Bonchev–Trinajstić information content (AvgIpc) is 1.41. The van der Waals surface area contributed by atoms with E-state index in [1.54, 1.807) is 8.35 Å². The quantitative estimate of drug-likeness (QED) is 0.651. The van der Waals surface area contributed by atoms with Crippen LogP contribution < -0.4 is 0 Å². The van der Waals surface area contributed by atoms with Gasteiger partial charge in [-0.25, -0.2) is 0 Å². The minimum Gasteiger partial charge on any atom is -0.147 e. The number of halogens is 1. The van der Waals surface area contributed by atoms with Crippen LogP contribution in [0.3, 0.4) is 0 Å². The third-order valence-electron chi connectivity index (χ3n) is 0.707. The van der Waals surface area contributed by atoms with Crippen molar-refractivity contribution in [2.75, 3.05) is 0 Å². The van der Waals surface area contributed by atoms with Crippen molar-refractivity contribution in [2.45, 2.75) is 22.2 Å². The average molecular weight is 210 g/mol. The molecule has 0 atom stereocenters. The zero-order valence-corrected chi connectivity index (χ0v) is 9.38. The summed E-state index contributed by atoms with van der Waals surface area (Å²) in [5, 5.41) is 0. The van der Waals surface area contributed by atoms with Crippen LogP contribution in [0.4, 0.5) is 0 Å². The second-order valence-electron chi connectivity index (χ2n) is 1.35. The molecule has 0 heterocycles. The van der Waals surface area contributed by atoms with Gasteiger partial charge in [0.1, 0.15) is 0 Å². The van der Waals surface area contributed by atoms with Crippen molar-refractivity contribution in [2.24, 2.45) is 0 Å². The standard InChI is InChI=1S/2C2H5.ClH.In.H/c2*1-2;;;/h2*1H2,2H3;1H;;. The van der Waals surface area contributed by atoms with Crippen LogP contribution in [0.25, 0.3) is 0 Å². The van der Waals surface area contributed by atoms with Crippen LogP contribution in [-0.2, 0) is 0 Å². The maximum absolute atomic E-state index is 2.31. The Morgan fingerprint density at radius 2 is 1.50 bits per heavy atom. The SMILES string of the molecule is C[CH2][InH][CH2]C.Cl. The zero-order chi connectivity index (χ0) is 4.12. The van der Waals surface area contributed by atoms with Gasteiger partial charge in [0.2, 0.25) is 0 Å². The molecule has 0 saturated carbocycles. The normalized spacial score (nSPS) is 6.33. The summed E-state index contributed by atoms with van der Waals surface area (Å²) in [6.07, 6.45) is 0. The minimum absolute atomic E-state index is 0. The first-order chi connectivity index (χ1) is 2.41. The van der Waals surface area contributed by atoms with Crippen molar-refractivity contribution < 1.29 is 0 Å². The Kier molecular flexibility index (Phi) is 16.1. The Morgan fingerprint density at radius 1 is 1.17 bits per heavy atom. The summed E-state index contributed by atoms with van der Waals surface area (Å²) in [5.41, 5.74) is 0. The molecule has 0 bridgehead atoms. The minimum atomic E-state index is -0.0578. The Hall–Kier alpha value is 1.16. The van der Waals surface area contributed by atoms with E-state index in [0.29, 0.717) is 0 Å². The molecule has 0 amide bonds. The number of hydrogen-bond acceptors (Lipinski definition) is 0. The molecule has 38 valence electrons. The topological polar surface area (TPSA) is 0 Å². The largest absolute Gasteiger partial charge is 0.147 e. The van der Waals surface area contributed by atoms with Crippen LogP contribution in [-0.4, -0.2) is 22.9 Å². The summed E-state index contributed by atoms with van der Waals surface area (Å²) in [7, 11) is 0. The van der Waals surface area contributed by atoms with Gasteiger partial charge in [-0.05, 0) is 0 Å². The first kappa shape index (κ1) is 10.2. The zero-order valence-electron chi connectivity index (χ0n) is 4.53. The second kappa shape index (κ2) is 9.48. The van der Waals surface area contributed by atoms with E-state index in [9.17, 15) is 0 Å². The van der Waals surface area contributed by atoms with Gasteiger partial charge in [0.05, 0.1) is 0 Å². The molecule has 0 aromatic carbocycles. The Bertz CT molecular complexity index is 15.0. The van der Waals surface area contributed by atoms with Crippen molar-refractivity contribution in [3.8, 4) is 0 Å². The molecule has 0 N–H and O–H groups in total. The summed E-state index contributed by atoms with van der Waals surface area (Å²) >= 11 is -0.0578. The van der Waals surface area contributed by atoms with Gasteiger partial charge in [-0.15, -0.1) is 12.4 Å². The molecule has 0 aliphatic carbocycles. The fourth-order valence-electron chi connectivity index (χ4n) is 0.354.